The molecule has 0 spiro atoms. The van der Waals surface area contributed by atoms with Gasteiger partial charge in [-0.3, -0.25) is 4.90 Å². The minimum Gasteiger partial charge on any atom is -0.507 e. The third kappa shape index (κ3) is 4.02. The van der Waals surface area contributed by atoms with Gasteiger partial charge in [-0.25, -0.2) is 0 Å². The highest BCUT2D eigenvalue weighted by Gasteiger charge is 2.12. The van der Waals surface area contributed by atoms with Crippen molar-refractivity contribution in [3.8, 4) is 5.75 Å². The Balaban J connectivity index is 2.70. The Morgan fingerprint density at radius 1 is 1.17 bits per heavy atom. The van der Waals surface area contributed by atoms with Crippen LogP contribution in [0.2, 0.25) is 0 Å². The van der Waals surface area contributed by atoms with Crippen molar-refractivity contribution in [3.63, 3.8) is 0 Å². The molecule has 1 aromatic carbocycles. The van der Waals surface area contributed by atoms with E-state index in [4.69, 9.17) is 0 Å². The monoisotopic (exact) mass is 249 g/mol. The van der Waals surface area contributed by atoms with E-state index in [0.29, 0.717) is 5.75 Å². The van der Waals surface area contributed by atoms with Crippen LogP contribution in [-0.2, 0) is 6.54 Å². The number of hydrogen-bond donors (Lipinski definition) is 1. The van der Waals surface area contributed by atoms with Crippen molar-refractivity contribution in [1.82, 2.24) is 4.90 Å². The lowest BCUT2D eigenvalue weighted by Gasteiger charge is -2.25. The van der Waals surface area contributed by atoms with E-state index in [0.717, 1.165) is 36.7 Å². The Hall–Kier alpha value is -1.02. The van der Waals surface area contributed by atoms with Gasteiger partial charge < -0.3 is 5.11 Å². The Kier molecular flexibility index (Phi) is 6.20. The van der Waals surface area contributed by atoms with Gasteiger partial charge in [0, 0.05) is 18.7 Å². The van der Waals surface area contributed by atoms with Gasteiger partial charge in [-0.2, -0.15) is 0 Å². The largest absolute Gasteiger partial charge is 0.507 e. The molecule has 0 saturated carbocycles. The molecule has 1 N–H and O–H groups in total. The second-order valence-corrected chi connectivity index (χ2v) is 5.09. The number of phenolic OH excluding ortho intramolecular Hbond substituents is 1. The third-order valence-corrected chi connectivity index (χ3v) is 3.83. The third-order valence-electron chi connectivity index (χ3n) is 3.83. The number of benzene rings is 1. The van der Waals surface area contributed by atoms with Gasteiger partial charge >= 0.3 is 0 Å². The lowest BCUT2D eigenvalue weighted by molar-refractivity contribution is 0.224. The van der Waals surface area contributed by atoms with Gasteiger partial charge in [0.2, 0.25) is 0 Å². The predicted molar refractivity (Wildman–Crippen MR) is 77.9 cm³/mol. The zero-order chi connectivity index (χ0) is 13.5. The molecule has 0 radical (unpaired) electrons. The van der Waals surface area contributed by atoms with Crippen LogP contribution in [0.15, 0.2) is 18.2 Å². The zero-order valence-corrected chi connectivity index (χ0v) is 12.2. The molecule has 18 heavy (non-hydrogen) atoms. The molecular formula is C16H27NO. The average molecular weight is 249 g/mol. The maximum Gasteiger partial charge on any atom is 0.122 e. The van der Waals surface area contributed by atoms with E-state index in [-0.39, 0.29) is 0 Å². The summed E-state index contributed by atoms with van der Waals surface area (Å²) in [6, 6.07) is 6.00. The molecule has 2 heteroatoms. The molecule has 102 valence electrons. The first kappa shape index (κ1) is 15.0. The van der Waals surface area contributed by atoms with E-state index in [9.17, 15) is 5.11 Å². The topological polar surface area (TPSA) is 23.5 Å². The van der Waals surface area contributed by atoms with Crippen LogP contribution >= 0.6 is 0 Å². The van der Waals surface area contributed by atoms with Gasteiger partial charge in [-0.15, -0.1) is 0 Å². The minimum atomic E-state index is 0.459. The standard InChI is InChI=1S/C16H27NO/c1-5-14(6-2)11-17(7-3)12-15-10-8-9-13(4)16(15)18/h8-10,14,18H,5-7,11-12H2,1-4H3. The normalized spacial score (nSPS) is 11.4. The Morgan fingerprint density at radius 3 is 2.39 bits per heavy atom. The molecule has 0 fully saturated rings. The van der Waals surface area contributed by atoms with Crippen LogP contribution < -0.4 is 0 Å². The van der Waals surface area contributed by atoms with Crippen LogP contribution in [0, 0.1) is 12.8 Å². The fraction of sp³-hybridized carbons (Fsp3) is 0.625. The molecule has 0 aliphatic carbocycles. The first-order valence-corrected chi connectivity index (χ1v) is 7.12. The summed E-state index contributed by atoms with van der Waals surface area (Å²) in [7, 11) is 0. The lowest BCUT2D eigenvalue weighted by Crippen LogP contribution is -2.28. The van der Waals surface area contributed by atoms with E-state index in [1.807, 2.05) is 25.1 Å². The number of hydrogen-bond acceptors (Lipinski definition) is 2. The Bertz CT molecular complexity index is 358. The van der Waals surface area contributed by atoms with Crippen LogP contribution in [0.25, 0.3) is 0 Å². The van der Waals surface area contributed by atoms with Crippen molar-refractivity contribution in [2.45, 2.75) is 47.1 Å². The number of phenols is 1. The maximum atomic E-state index is 10.1. The first-order valence-electron chi connectivity index (χ1n) is 7.12. The van der Waals surface area contributed by atoms with Crippen LogP contribution in [0.3, 0.4) is 0 Å². The summed E-state index contributed by atoms with van der Waals surface area (Å²) in [6.45, 7) is 11.7. The molecule has 0 heterocycles. The van der Waals surface area contributed by atoms with Crippen molar-refractivity contribution >= 4 is 0 Å². The number of para-hydroxylation sites is 1. The molecule has 0 aliphatic rings. The highest BCUT2D eigenvalue weighted by Crippen LogP contribution is 2.23. The van der Waals surface area contributed by atoms with Gasteiger partial charge in [-0.1, -0.05) is 51.8 Å². The summed E-state index contributed by atoms with van der Waals surface area (Å²) in [5.74, 6) is 1.22. The van der Waals surface area contributed by atoms with Gasteiger partial charge in [0.15, 0.2) is 0 Å². The molecule has 0 saturated heterocycles. The van der Waals surface area contributed by atoms with Crippen molar-refractivity contribution in [2.24, 2.45) is 5.92 Å². The van der Waals surface area contributed by atoms with Gasteiger partial charge in [0.25, 0.3) is 0 Å². The maximum absolute atomic E-state index is 10.1. The summed E-state index contributed by atoms with van der Waals surface area (Å²) in [5.41, 5.74) is 2.01. The van der Waals surface area contributed by atoms with E-state index in [1.54, 1.807) is 0 Å². The second-order valence-electron chi connectivity index (χ2n) is 5.09. The van der Waals surface area contributed by atoms with Gasteiger partial charge in [0.1, 0.15) is 5.75 Å². The van der Waals surface area contributed by atoms with Crippen LogP contribution in [-0.4, -0.2) is 23.1 Å². The van der Waals surface area contributed by atoms with E-state index in [2.05, 4.69) is 25.7 Å². The predicted octanol–water partition coefficient (Wildman–Crippen LogP) is 3.96. The second kappa shape index (κ2) is 7.42. The molecule has 0 amide bonds. The summed E-state index contributed by atoms with van der Waals surface area (Å²) in [5, 5.41) is 10.1. The fourth-order valence-corrected chi connectivity index (χ4v) is 2.31. The van der Waals surface area contributed by atoms with Crippen molar-refractivity contribution in [2.75, 3.05) is 13.1 Å². The summed E-state index contributed by atoms with van der Waals surface area (Å²) in [6.07, 6.45) is 2.46. The van der Waals surface area contributed by atoms with Gasteiger partial charge in [-0.05, 0) is 24.9 Å². The minimum absolute atomic E-state index is 0.459. The lowest BCUT2D eigenvalue weighted by atomic mass is 10.0. The number of rotatable bonds is 7. The zero-order valence-electron chi connectivity index (χ0n) is 12.2. The van der Waals surface area contributed by atoms with E-state index >= 15 is 0 Å². The smallest absolute Gasteiger partial charge is 0.122 e. The van der Waals surface area contributed by atoms with Crippen molar-refractivity contribution in [1.29, 1.82) is 0 Å². The molecule has 2 nitrogen and oxygen atoms in total. The average Bonchev–Trinajstić information content (AvgIpc) is 2.39. The summed E-state index contributed by atoms with van der Waals surface area (Å²) < 4.78 is 0. The molecule has 0 aromatic heterocycles. The van der Waals surface area contributed by atoms with Crippen LogP contribution in [0.4, 0.5) is 0 Å². The van der Waals surface area contributed by atoms with E-state index < -0.39 is 0 Å². The van der Waals surface area contributed by atoms with Gasteiger partial charge in [0.05, 0.1) is 0 Å². The number of nitrogens with zero attached hydrogens (tertiary/aromatic N) is 1. The molecule has 0 aliphatic heterocycles. The highest BCUT2D eigenvalue weighted by atomic mass is 16.3. The van der Waals surface area contributed by atoms with E-state index in [1.165, 1.54) is 12.8 Å². The molecular weight excluding hydrogens is 222 g/mol. The van der Waals surface area contributed by atoms with Crippen molar-refractivity contribution < 1.29 is 5.11 Å². The highest BCUT2D eigenvalue weighted by molar-refractivity contribution is 5.39. The summed E-state index contributed by atoms with van der Waals surface area (Å²) >= 11 is 0. The van der Waals surface area contributed by atoms with Crippen molar-refractivity contribution in [3.05, 3.63) is 29.3 Å². The van der Waals surface area contributed by atoms with Crippen LogP contribution in [0.1, 0.15) is 44.7 Å². The SMILES string of the molecule is CCC(CC)CN(CC)Cc1cccc(C)c1O. The number of aromatic hydroxyl groups is 1. The fourth-order valence-electron chi connectivity index (χ4n) is 2.31. The first-order chi connectivity index (χ1) is 8.62. The van der Waals surface area contributed by atoms with Crippen LogP contribution in [0.5, 0.6) is 5.75 Å². The Morgan fingerprint density at radius 2 is 1.83 bits per heavy atom. The number of aryl methyl sites for hydroxylation is 1. The Labute approximate surface area is 112 Å². The molecule has 0 unspecified atom stereocenters. The quantitative estimate of drug-likeness (QED) is 0.790. The molecule has 1 rings (SSSR count). The molecule has 0 bridgehead atoms. The molecule has 1 aromatic rings. The molecule has 0 atom stereocenters. The summed E-state index contributed by atoms with van der Waals surface area (Å²) in [4.78, 5) is 2.42.